The first-order valence-electron chi connectivity index (χ1n) is 8.01. The van der Waals surface area contributed by atoms with Gasteiger partial charge in [-0.25, -0.2) is 13.6 Å². The zero-order valence-electron chi connectivity index (χ0n) is 14.4. The van der Waals surface area contributed by atoms with Gasteiger partial charge in [-0.15, -0.1) is 0 Å². The third kappa shape index (κ3) is 6.07. The molecule has 2 aromatic carbocycles. The number of carbonyl (C=O) groups is 3. The molecule has 0 fully saturated rings. The van der Waals surface area contributed by atoms with Crippen molar-refractivity contribution < 1.29 is 23.2 Å². The number of halogens is 2. The highest BCUT2D eigenvalue weighted by Gasteiger charge is 2.12. The third-order valence-electron chi connectivity index (χ3n) is 3.47. The van der Waals surface area contributed by atoms with Crippen molar-refractivity contribution in [3.05, 3.63) is 59.7 Å². The Balaban J connectivity index is 1.79. The summed E-state index contributed by atoms with van der Waals surface area (Å²) in [6.07, 6.45) is -0.0349. The zero-order chi connectivity index (χ0) is 19.8. The van der Waals surface area contributed by atoms with Crippen LogP contribution < -0.4 is 21.3 Å². The predicted octanol–water partition coefficient (Wildman–Crippen LogP) is 2.47. The van der Waals surface area contributed by atoms with Crippen LogP contribution in [0.15, 0.2) is 42.5 Å². The molecular weight excluding hydrogens is 358 g/mol. The molecule has 4 amide bonds. The topological polar surface area (TPSA) is 99.3 Å². The van der Waals surface area contributed by atoms with Gasteiger partial charge < -0.3 is 21.3 Å². The molecule has 9 heteroatoms. The molecule has 0 aliphatic rings. The Morgan fingerprint density at radius 3 is 2.15 bits per heavy atom. The molecule has 0 spiro atoms. The summed E-state index contributed by atoms with van der Waals surface area (Å²) in [5, 5.41) is 10.0. The van der Waals surface area contributed by atoms with Gasteiger partial charge >= 0.3 is 6.03 Å². The van der Waals surface area contributed by atoms with E-state index >= 15 is 0 Å². The minimum absolute atomic E-state index is 0.0161. The highest BCUT2D eigenvalue weighted by atomic mass is 19.1. The summed E-state index contributed by atoms with van der Waals surface area (Å²) in [6, 6.07) is 8.71. The molecule has 0 unspecified atom stereocenters. The van der Waals surface area contributed by atoms with Crippen LogP contribution in [0.25, 0.3) is 0 Å². The van der Waals surface area contributed by atoms with Crippen molar-refractivity contribution in [2.24, 2.45) is 0 Å². The fourth-order valence-electron chi connectivity index (χ4n) is 2.11. The van der Waals surface area contributed by atoms with Crippen LogP contribution in [0.3, 0.4) is 0 Å². The molecule has 0 saturated heterocycles. The van der Waals surface area contributed by atoms with Gasteiger partial charge in [0.2, 0.25) is 5.91 Å². The molecule has 0 aliphatic carbocycles. The molecule has 0 aliphatic heterocycles. The molecule has 0 bridgehead atoms. The van der Waals surface area contributed by atoms with Crippen LogP contribution in [0, 0.1) is 11.6 Å². The van der Waals surface area contributed by atoms with Gasteiger partial charge in [0, 0.05) is 37.5 Å². The number of rotatable bonds is 6. The van der Waals surface area contributed by atoms with Crippen molar-refractivity contribution in [2.75, 3.05) is 24.2 Å². The van der Waals surface area contributed by atoms with Crippen molar-refractivity contribution in [2.45, 2.75) is 6.42 Å². The Hall–Kier alpha value is -3.49. The Kier molecular flexibility index (Phi) is 6.81. The molecule has 7 nitrogen and oxygen atoms in total. The number of hydrogen-bond donors (Lipinski definition) is 4. The first-order valence-corrected chi connectivity index (χ1v) is 8.01. The van der Waals surface area contributed by atoms with Gasteiger partial charge in [-0.1, -0.05) is 0 Å². The van der Waals surface area contributed by atoms with Gasteiger partial charge in [0.05, 0.1) is 5.56 Å². The lowest BCUT2D eigenvalue weighted by Gasteiger charge is -2.09. The van der Waals surface area contributed by atoms with E-state index in [9.17, 15) is 23.2 Å². The monoisotopic (exact) mass is 376 g/mol. The lowest BCUT2D eigenvalue weighted by Crippen LogP contribution is -2.28. The van der Waals surface area contributed by atoms with Crippen LogP contribution in [0.5, 0.6) is 0 Å². The molecule has 142 valence electrons. The predicted molar refractivity (Wildman–Crippen MR) is 96.5 cm³/mol. The maximum atomic E-state index is 13.5. The van der Waals surface area contributed by atoms with Crippen molar-refractivity contribution in [1.29, 1.82) is 0 Å². The van der Waals surface area contributed by atoms with Gasteiger partial charge in [0.15, 0.2) is 0 Å². The third-order valence-corrected chi connectivity index (χ3v) is 3.47. The summed E-state index contributed by atoms with van der Waals surface area (Å²) < 4.78 is 26.3. The largest absolute Gasteiger partial charge is 0.351 e. The summed E-state index contributed by atoms with van der Waals surface area (Å²) >= 11 is 0. The molecule has 0 heterocycles. The van der Waals surface area contributed by atoms with Gasteiger partial charge in [0.1, 0.15) is 11.6 Å². The van der Waals surface area contributed by atoms with Gasteiger partial charge in [-0.3, -0.25) is 9.59 Å². The number of nitrogens with one attached hydrogen (secondary N) is 4. The lowest BCUT2D eigenvalue weighted by molar-refractivity contribution is -0.116. The fourth-order valence-corrected chi connectivity index (χ4v) is 2.11. The average molecular weight is 376 g/mol. The number of anilines is 2. The first-order chi connectivity index (χ1) is 12.9. The van der Waals surface area contributed by atoms with Crippen molar-refractivity contribution in [1.82, 2.24) is 10.6 Å². The average Bonchev–Trinajstić information content (AvgIpc) is 2.63. The number of benzene rings is 2. The summed E-state index contributed by atoms with van der Waals surface area (Å²) in [7, 11) is 1.49. The van der Waals surface area contributed by atoms with E-state index in [1.54, 1.807) is 24.3 Å². The standard InChI is InChI=1S/C18H18F2N4O3/c1-21-18(27)24-13-5-3-12(4-6-13)23-16(25)8-9-22-17(26)14-7-2-11(19)10-15(14)20/h2-7,10H,8-9H2,1H3,(H,22,26)(H,23,25)(H2,21,24,27). The second-order valence-electron chi connectivity index (χ2n) is 5.46. The number of amides is 4. The molecule has 4 N–H and O–H groups in total. The fraction of sp³-hybridized carbons (Fsp3) is 0.167. The van der Waals surface area contributed by atoms with Gasteiger partial charge in [-0.05, 0) is 36.4 Å². The Labute approximate surface area is 154 Å². The van der Waals surface area contributed by atoms with E-state index in [1.807, 2.05) is 0 Å². The van der Waals surface area contributed by atoms with E-state index in [-0.39, 0.29) is 30.5 Å². The second-order valence-corrected chi connectivity index (χ2v) is 5.46. The summed E-state index contributed by atoms with van der Waals surface area (Å²) in [4.78, 5) is 34.9. The number of hydrogen-bond acceptors (Lipinski definition) is 3. The smallest absolute Gasteiger partial charge is 0.318 e. The SMILES string of the molecule is CNC(=O)Nc1ccc(NC(=O)CCNC(=O)c2ccc(F)cc2F)cc1. The molecule has 2 aromatic rings. The van der Waals surface area contributed by atoms with E-state index in [4.69, 9.17) is 0 Å². The number of carbonyl (C=O) groups excluding carboxylic acids is 3. The Bertz CT molecular complexity index is 841. The minimum Gasteiger partial charge on any atom is -0.351 e. The second kappa shape index (κ2) is 9.27. The Morgan fingerprint density at radius 2 is 1.56 bits per heavy atom. The lowest BCUT2D eigenvalue weighted by atomic mass is 10.2. The molecule has 0 aromatic heterocycles. The quantitative estimate of drug-likeness (QED) is 0.623. The van der Waals surface area contributed by atoms with Crippen LogP contribution in [0.1, 0.15) is 16.8 Å². The van der Waals surface area contributed by atoms with E-state index in [0.29, 0.717) is 17.4 Å². The zero-order valence-corrected chi connectivity index (χ0v) is 14.4. The van der Waals surface area contributed by atoms with Crippen LogP contribution in [-0.4, -0.2) is 31.4 Å². The van der Waals surface area contributed by atoms with Crippen LogP contribution in [0.2, 0.25) is 0 Å². The molecule has 2 rings (SSSR count). The van der Waals surface area contributed by atoms with Crippen molar-refractivity contribution in [3.63, 3.8) is 0 Å². The van der Waals surface area contributed by atoms with Gasteiger partial charge in [0.25, 0.3) is 5.91 Å². The van der Waals surface area contributed by atoms with Crippen molar-refractivity contribution >= 4 is 29.2 Å². The van der Waals surface area contributed by atoms with Crippen LogP contribution >= 0.6 is 0 Å². The summed E-state index contributed by atoms with van der Waals surface area (Å²) in [5.41, 5.74) is 0.773. The van der Waals surface area contributed by atoms with Crippen LogP contribution in [-0.2, 0) is 4.79 Å². The molecule has 0 saturated carbocycles. The first kappa shape index (κ1) is 19.8. The summed E-state index contributed by atoms with van der Waals surface area (Å²) in [6.45, 7) is -0.0161. The van der Waals surface area contributed by atoms with E-state index in [0.717, 1.165) is 12.1 Å². The Morgan fingerprint density at radius 1 is 0.926 bits per heavy atom. The normalized spacial score (nSPS) is 10.0. The molecule has 27 heavy (non-hydrogen) atoms. The molecule has 0 radical (unpaired) electrons. The van der Waals surface area contributed by atoms with Crippen LogP contribution in [0.4, 0.5) is 25.0 Å². The minimum atomic E-state index is -0.970. The van der Waals surface area contributed by atoms with Crippen molar-refractivity contribution in [3.8, 4) is 0 Å². The molecule has 0 atom stereocenters. The van der Waals surface area contributed by atoms with E-state index in [2.05, 4.69) is 21.3 Å². The molecular formula is C18H18F2N4O3. The summed E-state index contributed by atoms with van der Waals surface area (Å²) in [5.74, 6) is -2.84. The maximum absolute atomic E-state index is 13.5. The highest BCUT2D eigenvalue weighted by molar-refractivity contribution is 5.95. The van der Waals surface area contributed by atoms with E-state index in [1.165, 1.54) is 7.05 Å². The number of urea groups is 1. The van der Waals surface area contributed by atoms with E-state index < -0.39 is 17.5 Å². The van der Waals surface area contributed by atoms with Gasteiger partial charge in [-0.2, -0.15) is 0 Å². The maximum Gasteiger partial charge on any atom is 0.318 e. The highest BCUT2D eigenvalue weighted by Crippen LogP contribution is 2.13.